The first-order valence-corrected chi connectivity index (χ1v) is 8.26. The van der Waals surface area contributed by atoms with E-state index in [-0.39, 0.29) is 23.1 Å². The zero-order valence-corrected chi connectivity index (χ0v) is 14.0. The quantitative estimate of drug-likeness (QED) is 0.835. The van der Waals surface area contributed by atoms with Gasteiger partial charge in [-0.3, -0.25) is 4.79 Å². The average Bonchev–Trinajstić information content (AvgIpc) is 2.52. The SMILES string of the molecule is COc1ccc(C(NC(=O)CC2CCCC(C)C2)C(=O)O)cc1F. The summed E-state index contributed by atoms with van der Waals surface area (Å²) >= 11 is 0. The highest BCUT2D eigenvalue weighted by Gasteiger charge is 2.26. The molecule has 0 aliphatic heterocycles. The minimum Gasteiger partial charge on any atom is -0.494 e. The van der Waals surface area contributed by atoms with Crippen LogP contribution in [0.4, 0.5) is 4.39 Å². The summed E-state index contributed by atoms with van der Waals surface area (Å²) in [5.74, 6) is -1.26. The molecule has 1 fully saturated rings. The summed E-state index contributed by atoms with van der Waals surface area (Å²) in [5.41, 5.74) is 0.186. The second kappa shape index (κ2) is 8.13. The summed E-state index contributed by atoms with van der Waals surface area (Å²) in [4.78, 5) is 23.7. The van der Waals surface area contributed by atoms with Crippen molar-refractivity contribution in [3.8, 4) is 5.75 Å². The molecule has 0 radical (unpaired) electrons. The zero-order chi connectivity index (χ0) is 17.7. The summed E-state index contributed by atoms with van der Waals surface area (Å²) < 4.78 is 18.6. The van der Waals surface area contributed by atoms with Gasteiger partial charge in [0.2, 0.25) is 5.91 Å². The Kier molecular flexibility index (Phi) is 6.17. The van der Waals surface area contributed by atoms with Crippen molar-refractivity contribution < 1.29 is 23.8 Å². The fourth-order valence-electron chi connectivity index (χ4n) is 3.38. The van der Waals surface area contributed by atoms with Gasteiger partial charge in [-0.1, -0.05) is 25.8 Å². The van der Waals surface area contributed by atoms with E-state index in [1.807, 2.05) is 0 Å². The highest BCUT2D eigenvalue weighted by Crippen LogP contribution is 2.31. The Morgan fingerprint density at radius 3 is 2.75 bits per heavy atom. The van der Waals surface area contributed by atoms with E-state index in [2.05, 4.69) is 12.2 Å². The van der Waals surface area contributed by atoms with Crippen molar-refractivity contribution in [2.75, 3.05) is 7.11 Å². The standard InChI is InChI=1S/C18H24FNO4/c1-11-4-3-5-12(8-11)9-16(21)20-17(18(22)23)13-6-7-15(24-2)14(19)10-13/h6-7,10-12,17H,3-5,8-9H2,1-2H3,(H,20,21)(H,22,23). The molecule has 6 heteroatoms. The molecule has 24 heavy (non-hydrogen) atoms. The monoisotopic (exact) mass is 337 g/mol. The molecule has 1 aromatic carbocycles. The van der Waals surface area contributed by atoms with Gasteiger partial charge in [0.1, 0.15) is 0 Å². The molecule has 1 aromatic rings. The minimum atomic E-state index is -1.26. The molecule has 1 aliphatic rings. The Balaban J connectivity index is 2.04. The number of carboxylic acids is 1. The molecule has 0 aromatic heterocycles. The Labute approximate surface area is 141 Å². The van der Waals surface area contributed by atoms with Crippen molar-refractivity contribution in [2.45, 2.75) is 45.1 Å². The number of hydrogen-bond acceptors (Lipinski definition) is 3. The lowest BCUT2D eigenvalue weighted by Gasteiger charge is -2.26. The number of rotatable bonds is 6. The molecule has 1 saturated carbocycles. The maximum atomic E-state index is 13.8. The van der Waals surface area contributed by atoms with Crippen molar-refractivity contribution in [1.82, 2.24) is 5.32 Å². The third-order valence-corrected chi connectivity index (χ3v) is 4.58. The van der Waals surface area contributed by atoms with Gasteiger partial charge in [0.15, 0.2) is 17.6 Å². The number of amides is 1. The lowest BCUT2D eigenvalue weighted by atomic mass is 9.80. The van der Waals surface area contributed by atoms with Crippen LogP contribution in [0.2, 0.25) is 0 Å². The van der Waals surface area contributed by atoms with Gasteiger partial charge in [0, 0.05) is 6.42 Å². The lowest BCUT2D eigenvalue weighted by molar-refractivity contribution is -0.142. The van der Waals surface area contributed by atoms with E-state index in [0.717, 1.165) is 25.3 Å². The Morgan fingerprint density at radius 2 is 2.17 bits per heavy atom. The molecule has 1 amide bonds. The van der Waals surface area contributed by atoms with E-state index in [9.17, 15) is 19.1 Å². The topological polar surface area (TPSA) is 75.6 Å². The Morgan fingerprint density at radius 1 is 1.42 bits per heavy atom. The summed E-state index contributed by atoms with van der Waals surface area (Å²) in [6, 6.07) is 2.62. The van der Waals surface area contributed by atoms with Gasteiger partial charge in [-0.05, 0) is 42.4 Å². The second-order valence-corrected chi connectivity index (χ2v) is 6.57. The van der Waals surface area contributed by atoms with Crippen LogP contribution in [0.25, 0.3) is 0 Å². The van der Waals surface area contributed by atoms with E-state index >= 15 is 0 Å². The number of carboxylic acid groups (broad SMARTS) is 1. The van der Waals surface area contributed by atoms with E-state index in [0.29, 0.717) is 12.3 Å². The second-order valence-electron chi connectivity index (χ2n) is 6.57. The Hall–Kier alpha value is -2.11. The van der Waals surface area contributed by atoms with Gasteiger partial charge in [0.05, 0.1) is 7.11 Å². The van der Waals surface area contributed by atoms with Gasteiger partial charge in [-0.2, -0.15) is 0 Å². The van der Waals surface area contributed by atoms with Crippen LogP contribution >= 0.6 is 0 Å². The van der Waals surface area contributed by atoms with Crippen LogP contribution in [-0.4, -0.2) is 24.1 Å². The smallest absolute Gasteiger partial charge is 0.330 e. The van der Waals surface area contributed by atoms with Crippen LogP contribution in [0.15, 0.2) is 18.2 Å². The third kappa shape index (κ3) is 4.69. The van der Waals surface area contributed by atoms with Crippen LogP contribution in [0.3, 0.4) is 0 Å². The molecule has 3 atom stereocenters. The normalized spacial score (nSPS) is 21.8. The Bertz CT molecular complexity index is 605. The zero-order valence-electron chi connectivity index (χ0n) is 14.0. The van der Waals surface area contributed by atoms with Crippen LogP contribution < -0.4 is 10.1 Å². The number of benzene rings is 1. The van der Waals surface area contributed by atoms with Crippen molar-refractivity contribution in [1.29, 1.82) is 0 Å². The molecule has 2 rings (SSSR count). The van der Waals surface area contributed by atoms with E-state index in [4.69, 9.17) is 4.74 Å². The van der Waals surface area contributed by atoms with Crippen LogP contribution in [0.1, 0.15) is 50.6 Å². The minimum absolute atomic E-state index is 0.0328. The number of carbonyl (C=O) groups excluding carboxylic acids is 1. The maximum absolute atomic E-state index is 13.8. The van der Waals surface area contributed by atoms with Crippen molar-refractivity contribution in [3.63, 3.8) is 0 Å². The molecule has 5 nitrogen and oxygen atoms in total. The summed E-state index contributed by atoms with van der Waals surface area (Å²) in [6.45, 7) is 2.17. The summed E-state index contributed by atoms with van der Waals surface area (Å²) in [6.07, 6.45) is 4.58. The number of methoxy groups -OCH3 is 1. The van der Waals surface area contributed by atoms with Gasteiger partial charge >= 0.3 is 5.97 Å². The molecule has 132 valence electrons. The van der Waals surface area contributed by atoms with Gasteiger partial charge in [-0.25, -0.2) is 9.18 Å². The van der Waals surface area contributed by atoms with Gasteiger partial charge in [-0.15, -0.1) is 0 Å². The number of ether oxygens (including phenoxy) is 1. The van der Waals surface area contributed by atoms with Crippen molar-refractivity contribution >= 4 is 11.9 Å². The largest absolute Gasteiger partial charge is 0.494 e. The molecule has 0 saturated heterocycles. The third-order valence-electron chi connectivity index (χ3n) is 4.58. The van der Waals surface area contributed by atoms with Crippen LogP contribution in [0.5, 0.6) is 5.75 Å². The maximum Gasteiger partial charge on any atom is 0.330 e. The van der Waals surface area contributed by atoms with Crippen molar-refractivity contribution in [2.24, 2.45) is 11.8 Å². The molecule has 3 unspecified atom stereocenters. The van der Waals surface area contributed by atoms with E-state index in [1.165, 1.54) is 25.7 Å². The lowest BCUT2D eigenvalue weighted by Crippen LogP contribution is -2.35. The molecular formula is C18H24FNO4. The highest BCUT2D eigenvalue weighted by atomic mass is 19.1. The fraction of sp³-hybridized carbons (Fsp3) is 0.556. The number of nitrogens with one attached hydrogen (secondary N) is 1. The van der Waals surface area contributed by atoms with Gasteiger partial charge < -0.3 is 15.2 Å². The first kappa shape index (κ1) is 18.2. The first-order valence-electron chi connectivity index (χ1n) is 8.26. The fourth-order valence-corrected chi connectivity index (χ4v) is 3.38. The molecule has 0 spiro atoms. The van der Waals surface area contributed by atoms with Gasteiger partial charge in [0.25, 0.3) is 0 Å². The summed E-state index contributed by atoms with van der Waals surface area (Å²) in [5, 5.41) is 11.9. The van der Waals surface area contributed by atoms with Crippen LogP contribution in [-0.2, 0) is 9.59 Å². The van der Waals surface area contributed by atoms with E-state index < -0.39 is 17.8 Å². The summed E-state index contributed by atoms with van der Waals surface area (Å²) in [7, 11) is 1.33. The number of hydrogen-bond donors (Lipinski definition) is 2. The number of carbonyl (C=O) groups is 2. The first-order chi connectivity index (χ1) is 11.4. The molecule has 2 N–H and O–H groups in total. The molecule has 0 heterocycles. The predicted octanol–water partition coefficient (Wildman–Crippen LogP) is 3.29. The van der Waals surface area contributed by atoms with Crippen molar-refractivity contribution in [3.05, 3.63) is 29.6 Å². The predicted molar refractivity (Wildman–Crippen MR) is 87.2 cm³/mol. The molecule has 1 aliphatic carbocycles. The van der Waals surface area contributed by atoms with Crippen LogP contribution in [0, 0.1) is 17.7 Å². The molecular weight excluding hydrogens is 313 g/mol. The number of halogens is 1. The molecule has 0 bridgehead atoms. The highest BCUT2D eigenvalue weighted by molar-refractivity contribution is 5.84. The average molecular weight is 337 g/mol. The van der Waals surface area contributed by atoms with E-state index in [1.54, 1.807) is 0 Å². The number of aliphatic carboxylic acids is 1.